The fourth-order valence-electron chi connectivity index (χ4n) is 1.60. The second kappa shape index (κ2) is 5.42. The molecule has 0 radical (unpaired) electrons. The van der Waals surface area contributed by atoms with Crippen molar-refractivity contribution in [3.63, 3.8) is 0 Å². The summed E-state index contributed by atoms with van der Waals surface area (Å²) in [5.74, 6) is 1.35. The number of nitrogens with zero attached hydrogens (tertiary/aromatic N) is 2. The highest BCUT2D eigenvalue weighted by Crippen LogP contribution is 2.27. The van der Waals surface area contributed by atoms with Crippen LogP contribution in [0.25, 0.3) is 11.4 Å². The van der Waals surface area contributed by atoms with Gasteiger partial charge in [0.2, 0.25) is 11.7 Å². The van der Waals surface area contributed by atoms with E-state index in [1.54, 1.807) is 0 Å². The van der Waals surface area contributed by atoms with Crippen LogP contribution in [0.2, 0.25) is 0 Å². The molecule has 0 bridgehead atoms. The van der Waals surface area contributed by atoms with E-state index in [0.717, 1.165) is 16.5 Å². The molecule has 2 aromatic rings. The molecule has 1 aromatic heterocycles. The van der Waals surface area contributed by atoms with Gasteiger partial charge in [-0.05, 0) is 18.6 Å². The summed E-state index contributed by atoms with van der Waals surface area (Å²) in [4.78, 5) is 4.40. The zero-order chi connectivity index (χ0) is 12.3. The third-order valence-corrected chi connectivity index (χ3v) is 3.37. The normalized spacial score (nSPS) is 12.6. The first-order valence-electron chi connectivity index (χ1n) is 5.54. The summed E-state index contributed by atoms with van der Waals surface area (Å²) >= 11 is 3.47. The Balaban J connectivity index is 2.33. The van der Waals surface area contributed by atoms with Gasteiger partial charge in [-0.3, -0.25) is 0 Å². The van der Waals surface area contributed by atoms with Gasteiger partial charge in [-0.1, -0.05) is 40.1 Å². The molecule has 0 aliphatic heterocycles. The van der Waals surface area contributed by atoms with Crippen LogP contribution in [-0.4, -0.2) is 16.7 Å². The van der Waals surface area contributed by atoms with Crippen molar-refractivity contribution in [2.45, 2.75) is 19.3 Å². The van der Waals surface area contributed by atoms with Crippen molar-refractivity contribution in [1.82, 2.24) is 10.1 Å². The molecule has 2 N–H and O–H groups in total. The average molecular weight is 296 g/mol. The molecule has 1 heterocycles. The van der Waals surface area contributed by atoms with Gasteiger partial charge in [-0.25, -0.2) is 0 Å². The van der Waals surface area contributed by atoms with Crippen LogP contribution in [0.5, 0.6) is 0 Å². The maximum absolute atomic E-state index is 5.66. The molecular weight excluding hydrogens is 282 g/mol. The molecule has 0 spiro atoms. The Morgan fingerprint density at radius 3 is 2.82 bits per heavy atom. The smallest absolute Gasteiger partial charge is 0.231 e. The first kappa shape index (κ1) is 12.3. The van der Waals surface area contributed by atoms with Gasteiger partial charge in [-0.15, -0.1) is 0 Å². The summed E-state index contributed by atoms with van der Waals surface area (Å²) < 4.78 is 6.21. The van der Waals surface area contributed by atoms with Crippen LogP contribution in [-0.2, 0) is 0 Å². The van der Waals surface area contributed by atoms with Crippen molar-refractivity contribution < 1.29 is 4.52 Å². The predicted molar refractivity (Wildman–Crippen MR) is 69.5 cm³/mol. The quantitative estimate of drug-likeness (QED) is 0.942. The van der Waals surface area contributed by atoms with Crippen molar-refractivity contribution in [2.75, 3.05) is 6.54 Å². The topological polar surface area (TPSA) is 64.9 Å². The molecule has 17 heavy (non-hydrogen) atoms. The minimum absolute atomic E-state index is 0.138. The Kier molecular flexibility index (Phi) is 3.91. The van der Waals surface area contributed by atoms with Gasteiger partial charge in [0.1, 0.15) is 0 Å². The van der Waals surface area contributed by atoms with Gasteiger partial charge in [0, 0.05) is 16.6 Å². The number of benzene rings is 1. The fraction of sp³-hybridized carbons (Fsp3) is 0.333. The summed E-state index contributed by atoms with van der Waals surface area (Å²) in [6, 6.07) is 7.79. The lowest BCUT2D eigenvalue weighted by Gasteiger charge is -2.04. The van der Waals surface area contributed by atoms with Crippen molar-refractivity contribution in [2.24, 2.45) is 5.73 Å². The predicted octanol–water partition coefficient (Wildman–Crippen LogP) is 2.95. The molecule has 0 fully saturated rings. The highest BCUT2D eigenvalue weighted by molar-refractivity contribution is 9.10. The van der Waals surface area contributed by atoms with Gasteiger partial charge in [0.15, 0.2) is 0 Å². The second-order valence-electron chi connectivity index (χ2n) is 3.78. The standard InChI is InChI=1S/C12H14BrN3O/c1-2-8(7-14)12-15-11(16-17-12)9-5-3-4-6-10(9)13/h3-6,8H,2,7,14H2,1H3. The second-order valence-corrected chi connectivity index (χ2v) is 4.63. The molecule has 5 heteroatoms. The number of hydrogen-bond donors (Lipinski definition) is 1. The molecule has 2 rings (SSSR count). The van der Waals surface area contributed by atoms with E-state index in [0.29, 0.717) is 18.3 Å². The molecule has 90 valence electrons. The van der Waals surface area contributed by atoms with E-state index in [2.05, 4.69) is 33.0 Å². The zero-order valence-corrected chi connectivity index (χ0v) is 11.1. The number of rotatable bonds is 4. The van der Waals surface area contributed by atoms with Gasteiger partial charge >= 0.3 is 0 Å². The summed E-state index contributed by atoms with van der Waals surface area (Å²) in [5.41, 5.74) is 6.58. The van der Waals surface area contributed by atoms with Crippen LogP contribution in [0.15, 0.2) is 33.3 Å². The first-order valence-corrected chi connectivity index (χ1v) is 6.34. The van der Waals surface area contributed by atoms with E-state index in [1.807, 2.05) is 24.3 Å². The fourth-order valence-corrected chi connectivity index (χ4v) is 2.06. The lowest BCUT2D eigenvalue weighted by Crippen LogP contribution is -2.11. The Morgan fingerprint density at radius 2 is 2.18 bits per heavy atom. The highest BCUT2D eigenvalue weighted by Gasteiger charge is 2.17. The maximum Gasteiger partial charge on any atom is 0.231 e. The molecule has 1 aromatic carbocycles. The number of aromatic nitrogens is 2. The van der Waals surface area contributed by atoms with E-state index in [9.17, 15) is 0 Å². The van der Waals surface area contributed by atoms with Gasteiger partial charge < -0.3 is 10.3 Å². The Bertz CT molecular complexity index is 494. The lowest BCUT2D eigenvalue weighted by atomic mass is 10.1. The highest BCUT2D eigenvalue weighted by atomic mass is 79.9. The Labute approximate surface area is 108 Å². The molecule has 0 aliphatic rings. The largest absolute Gasteiger partial charge is 0.339 e. The number of hydrogen-bond acceptors (Lipinski definition) is 4. The van der Waals surface area contributed by atoms with Crippen molar-refractivity contribution >= 4 is 15.9 Å². The average Bonchev–Trinajstić information content (AvgIpc) is 2.81. The van der Waals surface area contributed by atoms with Crippen LogP contribution in [0, 0.1) is 0 Å². The molecule has 0 amide bonds. The molecule has 0 aliphatic carbocycles. The Hall–Kier alpha value is -1.20. The van der Waals surface area contributed by atoms with E-state index in [-0.39, 0.29) is 5.92 Å². The third kappa shape index (κ3) is 2.56. The molecule has 0 saturated carbocycles. The molecule has 4 nitrogen and oxygen atoms in total. The number of halogens is 1. The minimum atomic E-state index is 0.138. The molecule has 0 saturated heterocycles. The van der Waals surface area contributed by atoms with Crippen LogP contribution in [0.1, 0.15) is 25.2 Å². The van der Waals surface area contributed by atoms with Gasteiger partial charge in [-0.2, -0.15) is 4.98 Å². The monoisotopic (exact) mass is 295 g/mol. The van der Waals surface area contributed by atoms with Crippen LogP contribution in [0.4, 0.5) is 0 Å². The summed E-state index contributed by atoms with van der Waals surface area (Å²) in [6.45, 7) is 2.58. The summed E-state index contributed by atoms with van der Waals surface area (Å²) in [7, 11) is 0. The first-order chi connectivity index (χ1) is 8.26. The Morgan fingerprint density at radius 1 is 1.41 bits per heavy atom. The SMILES string of the molecule is CCC(CN)c1nc(-c2ccccc2Br)no1. The molecular formula is C12H14BrN3O. The van der Waals surface area contributed by atoms with Crippen molar-refractivity contribution in [3.8, 4) is 11.4 Å². The van der Waals surface area contributed by atoms with Crippen LogP contribution < -0.4 is 5.73 Å². The summed E-state index contributed by atoms with van der Waals surface area (Å²) in [6.07, 6.45) is 0.897. The van der Waals surface area contributed by atoms with Crippen molar-refractivity contribution in [1.29, 1.82) is 0 Å². The molecule has 1 atom stereocenters. The van der Waals surface area contributed by atoms with E-state index < -0.39 is 0 Å². The van der Waals surface area contributed by atoms with Gasteiger partial charge in [0.05, 0.1) is 5.92 Å². The maximum atomic E-state index is 5.66. The number of nitrogens with two attached hydrogens (primary N) is 1. The van der Waals surface area contributed by atoms with E-state index >= 15 is 0 Å². The van der Waals surface area contributed by atoms with E-state index in [4.69, 9.17) is 10.3 Å². The third-order valence-electron chi connectivity index (χ3n) is 2.68. The molecule has 1 unspecified atom stereocenters. The lowest BCUT2D eigenvalue weighted by molar-refractivity contribution is 0.351. The zero-order valence-electron chi connectivity index (χ0n) is 9.56. The van der Waals surface area contributed by atoms with Crippen LogP contribution >= 0.6 is 15.9 Å². The van der Waals surface area contributed by atoms with E-state index in [1.165, 1.54) is 0 Å². The minimum Gasteiger partial charge on any atom is -0.339 e. The van der Waals surface area contributed by atoms with Crippen LogP contribution in [0.3, 0.4) is 0 Å². The van der Waals surface area contributed by atoms with Crippen molar-refractivity contribution in [3.05, 3.63) is 34.6 Å². The van der Waals surface area contributed by atoms with Gasteiger partial charge in [0.25, 0.3) is 0 Å². The summed E-state index contributed by atoms with van der Waals surface area (Å²) in [5, 5.41) is 3.99.